The lowest BCUT2D eigenvalue weighted by atomic mass is 10.1. The smallest absolute Gasteiger partial charge is 0.123 e. The number of ether oxygens (including phenoxy) is 1. The molecule has 134 valence electrons. The van der Waals surface area contributed by atoms with Gasteiger partial charge in [-0.1, -0.05) is 23.7 Å². The van der Waals surface area contributed by atoms with Gasteiger partial charge in [0.15, 0.2) is 0 Å². The molecule has 1 aliphatic heterocycles. The molecule has 1 aromatic heterocycles. The summed E-state index contributed by atoms with van der Waals surface area (Å²) in [5.74, 6) is -0.248. The molecule has 0 aliphatic carbocycles. The van der Waals surface area contributed by atoms with Gasteiger partial charge in [-0.05, 0) is 42.0 Å². The molecular formula is C20H19ClFN3O. The van der Waals surface area contributed by atoms with Crippen molar-refractivity contribution in [3.05, 3.63) is 82.9 Å². The van der Waals surface area contributed by atoms with Gasteiger partial charge in [-0.25, -0.2) is 9.07 Å². The van der Waals surface area contributed by atoms with Crippen molar-refractivity contribution in [1.29, 1.82) is 0 Å². The molecule has 2 heterocycles. The third-order valence-electron chi connectivity index (χ3n) is 4.53. The molecule has 1 unspecified atom stereocenters. The SMILES string of the molecule is Fc1ccc(-n2cc(CN3CCOC(c4ccc(Cl)cc4)C3)cn2)cc1. The van der Waals surface area contributed by atoms with E-state index < -0.39 is 0 Å². The van der Waals surface area contributed by atoms with Crippen LogP contribution in [0.1, 0.15) is 17.2 Å². The van der Waals surface area contributed by atoms with Crippen LogP contribution in [0, 0.1) is 5.82 Å². The third-order valence-corrected chi connectivity index (χ3v) is 4.78. The maximum absolute atomic E-state index is 13.1. The number of aromatic nitrogens is 2. The van der Waals surface area contributed by atoms with Crippen LogP contribution in [0.25, 0.3) is 5.69 Å². The standard InChI is InChI=1S/C20H19ClFN3O/c21-17-3-1-16(2-4-17)20-14-24(9-10-26-20)12-15-11-23-25(13-15)19-7-5-18(22)6-8-19/h1-8,11,13,20H,9-10,12,14H2. The van der Waals surface area contributed by atoms with E-state index in [4.69, 9.17) is 16.3 Å². The van der Waals surface area contributed by atoms with Crippen molar-refractivity contribution in [3.8, 4) is 5.69 Å². The quantitative estimate of drug-likeness (QED) is 0.687. The second-order valence-electron chi connectivity index (χ2n) is 6.42. The summed E-state index contributed by atoms with van der Waals surface area (Å²) in [6.45, 7) is 3.20. The number of benzene rings is 2. The van der Waals surface area contributed by atoms with Crippen molar-refractivity contribution in [2.45, 2.75) is 12.6 Å². The lowest BCUT2D eigenvalue weighted by Crippen LogP contribution is -2.37. The van der Waals surface area contributed by atoms with E-state index in [1.54, 1.807) is 16.8 Å². The van der Waals surface area contributed by atoms with Crippen LogP contribution in [0.3, 0.4) is 0 Å². The minimum atomic E-state index is -0.248. The lowest BCUT2D eigenvalue weighted by Gasteiger charge is -2.32. The van der Waals surface area contributed by atoms with Crippen LogP contribution in [0.5, 0.6) is 0 Å². The lowest BCUT2D eigenvalue weighted by molar-refractivity contribution is -0.0329. The summed E-state index contributed by atoms with van der Waals surface area (Å²) in [6, 6.07) is 14.1. The van der Waals surface area contributed by atoms with Crippen molar-refractivity contribution in [1.82, 2.24) is 14.7 Å². The van der Waals surface area contributed by atoms with E-state index in [9.17, 15) is 4.39 Å². The van der Waals surface area contributed by atoms with E-state index in [0.717, 1.165) is 41.5 Å². The number of halogens is 2. The molecule has 1 fully saturated rings. The molecule has 2 aromatic carbocycles. The first-order chi connectivity index (χ1) is 12.7. The Hall–Kier alpha value is -2.21. The van der Waals surface area contributed by atoms with Gasteiger partial charge in [0.25, 0.3) is 0 Å². The van der Waals surface area contributed by atoms with Crippen molar-refractivity contribution in [2.75, 3.05) is 19.7 Å². The van der Waals surface area contributed by atoms with Crippen molar-refractivity contribution < 1.29 is 9.13 Å². The predicted molar refractivity (Wildman–Crippen MR) is 98.9 cm³/mol. The van der Waals surface area contributed by atoms with Crippen LogP contribution in [-0.4, -0.2) is 34.4 Å². The van der Waals surface area contributed by atoms with Gasteiger partial charge in [0.2, 0.25) is 0 Å². The zero-order valence-electron chi connectivity index (χ0n) is 14.2. The summed E-state index contributed by atoms with van der Waals surface area (Å²) >= 11 is 5.97. The highest BCUT2D eigenvalue weighted by Gasteiger charge is 2.22. The number of hydrogen-bond donors (Lipinski definition) is 0. The van der Waals surface area contributed by atoms with Crippen LogP contribution in [0.15, 0.2) is 60.9 Å². The van der Waals surface area contributed by atoms with Gasteiger partial charge >= 0.3 is 0 Å². The van der Waals surface area contributed by atoms with E-state index in [1.807, 2.05) is 36.7 Å². The Morgan fingerprint density at radius 2 is 1.88 bits per heavy atom. The predicted octanol–water partition coefficient (Wildman–Crippen LogP) is 4.24. The summed E-state index contributed by atoms with van der Waals surface area (Å²) in [6.07, 6.45) is 3.89. The molecule has 0 N–H and O–H groups in total. The van der Waals surface area contributed by atoms with Crippen LogP contribution >= 0.6 is 11.6 Å². The maximum atomic E-state index is 13.1. The van der Waals surface area contributed by atoms with Crippen molar-refractivity contribution in [3.63, 3.8) is 0 Å². The Bertz CT molecular complexity index is 864. The molecule has 0 saturated carbocycles. The van der Waals surface area contributed by atoms with Gasteiger partial charge in [0, 0.05) is 36.4 Å². The first kappa shape index (κ1) is 17.2. The van der Waals surface area contributed by atoms with Gasteiger partial charge in [0.1, 0.15) is 5.82 Å². The average Bonchev–Trinajstić information content (AvgIpc) is 3.11. The molecular weight excluding hydrogens is 353 g/mol. The average molecular weight is 372 g/mol. The van der Waals surface area contributed by atoms with Gasteiger partial charge in [0.05, 0.1) is 24.6 Å². The van der Waals surface area contributed by atoms with Crippen LogP contribution < -0.4 is 0 Å². The number of hydrogen-bond acceptors (Lipinski definition) is 3. The van der Waals surface area contributed by atoms with E-state index in [-0.39, 0.29) is 11.9 Å². The molecule has 1 aliphatic rings. The van der Waals surface area contributed by atoms with Gasteiger partial charge in [-0.3, -0.25) is 4.90 Å². The molecule has 6 heteroatoms. The van der Waals surface area contributed by atoms with Gasteiger partial charge in [-0.2, -0.15) is 5.10 Å². The first-order valence-electron chi connectivity index (χ1n) is 8.56. The zero-order valence-corrected chi connectivity index (χ0v) is 14.9. The Morgan fingerprint density at radius 3 is 2.65 bits per heavy atom. The number of rotatable bonds is 4. The zero-order chi connectivity index (χ0) is 17.9. The summed E-state index contributed by atoms with van der Waals surface area (Å²) in [5, 5.41) is 5.12. The summed E-state index contributed by atoms with van der Waals surface area (Å²) in [4.78, 5) is 2.36. The monoisotopic (exact) mass is 371 g/mol. The molecule has 3 aromatic rings. The largest absolute Gasteiger partial charge is 0.371 e. The highest BCUT2D eigenvalue weighted by Crippen LogP contribution is 2.24. The Balaban J connectivity index is 1.42. The number of nitrogens with zero attached hydrogens (tertiary/aromatic N) is 3. The summed E-state index contributed by atoms with van der Waals surface area (Å²) < 4.78 is 20.7. The van der Waals surface area contributed by atoms with Gasteiger partial charge < -0.3 is 4.74 Å². The molecule has 4 nitrogen and oxygen atoms in total. The fourth-order valence-corrected chi connectivity index (χ4v) is 3.29. The molecule has 0 radical (unpaired) electrons. The normalized spacial score (nSPS) is 18.2. The van der Waals surface area contributed by atoms with Crippen LogP contribution in [0.4, 0.5) is 4.39 Å². The Labute approximate surface area is 156 Å². The van der Waals surface area contributed by atoms with E-state index >= 15 is 0 Å². The minimum absolute atomic E-state index is 0.0492. The molecule has 1 saturated heterocycles. The molecule has 1 atom stereocenters. The van der Waals surface area contributed by atoms with E-state index in [2.05, 4.69) is 10.00 Å². The van der Waals surface area contributed by atoms with Crippen LogP contribution in [-0.2, 0) is 11.3 Å². The summed E-state index contributed by atoms with van der Waals surface area (Å²) in [5.41, 5.74) is 3.10. The van der Waals surface area contributed by atoms with E-state index in [0.29, 0.717) is 6.61 Å². The topological polar surface area (TPSA) is 30.3 Å². The maximum Gasteiger partial charge on any atom is 0.123 e. The highest BCUT2D eigenvalue weighted by molar-refractivity contribution is 6.30. The van der Waals surface area contributed by atoms with E-state index in [1.165, 1.54) is 12.1 Å². The second-order valence-corrected chi connectivity index (χ2v) is 6.85. The van der Waals surface area contributed by atoms with Crippen LogP contribution in [0.2, 0.25) is 5.02 Å². The molecule has 0 amide bonds. The fraction of sp³-hybridized carbons (Fsp3) is 0.250. The Morgan fingerprint density at radius 1 is 1.12 bits per heavy atom. The highest BCUT2D eigenvalue weighted by atomic mass is 35.5. The molecule has 0 bridgehead atoms. The fourth-order valence-electron chi connectivity index (χ4n) is 3.16. The summed E-state index contributed by atoms with van der Waals surface area (Å²) in [7, 11) is 0. The van der Waals surface area contributed by atoms with Crippen molar-refractivity contribution >= 4 is 11.6 Å². The number of morpholine rings is 1. The first-order valence-corrected chi connectivity index (χ1v) is 8.94. The minimum Gasteiger partial charge on any atom is -0.371 e. The van der Waals surface area contributed by atoms with Gasteiger partial charge in [-0.15, -0.1) is 0 Å². The molecule has 4 rings (SSSR count). The molecule has 0 spiro atoms. The third kappa shape index (κ3) is 3.96. The Kier molecular flexibility index (Phi) is 5.02. The van der Waals surface area contributed by atoms with Crippen molar-refractivity contribution in [2.24, 2.45) is 0 Å². The second kappa shape index (κ2) is 7.58. The molecule has 26 heavy (non-hydrogen) atoms.